The van der Waals surface area contributed by atoms with Crippen LogP contribution in [0.3, 0.4) is 0 Å². The molecule has 5 rings (SSSR count). The monoisotopic (exact) mass is 411 g/mol. The third-order valence-electron chi connectivity index (χ3n) is 6.36. The molecule has 2 aliphatic rings. The van der Waals surface area contributed by atoms with Crippen LogP contribution in [-0.2, 0) is 0 Å². The number of aromatic nitrogens is 4. The molecule has 2 bridgehead atoms. The van der Waals surface area contributed by atoms with Crippen molar-refractivity contribution in [3.8, 4) is 27.6 Å². The molecular weight excluding hydrogens is 389 g/mol. The van der Waals surface area contributed by atoms with Gasteiger partial charge in [-0.3, -0.25) is 0 Å². The lowest BCUT2D eigenvalue weighted by atomic mass is 9.83. The predicted molar refractivity (Wildman–Crippen MR) is 111 cm³/mol. The van der Waals surface area contributed by atoms with Gasteiger partial charge in [0.2, 0.25) is 0 Å². The predicted octanol–water partition coefficient (Wildman–Crippen LogP) is 4.33. The minimum atomic E-state index is -0.808. The fraction of sp³-hybridized carbons (Fsp3) is 0.429. The van der Waals surface area contributed by atoms with E-state index in [1.807, 2.05) is 30.1 Å². The Morgan fingerprint density at radius 3 is 2.72 bits per heavy atom. The van der Waals surface area contributed by atoms with Crippen LogP contribution < -0.4 is 4.90 Å². The highest BCUT2D eigenvalue weighted by Crippen LogP contribution is 2.45. The van der Waals surface area contributed by atoms with Crippen molar-refractivity contribution in [1.82, 2.24) is 20.4 Å². The van der Waals surface area contributed by atoms with Crippen molar-refractivity contribution in [2.24, 2.45) is 11.8 Å². The Morgan fingerprint density at radius 1 is 1.10 bits per heavy atom. The van der Waals surface area contributed by atoms with E-state index in [4.69, 9.17) is 0 Å². The van der Waals surface area contributed by atoms with Gasteiger partial charge in [0.25, 0.3) is 0 Å². The molecule has 8 heteroatoms. The Kier molecular flexibility index (Phi) is 4.66. The third-order valence-corrected chi connectivity index (χ3v) is 7.10. The van der Waals surface area contributed by atoms with Crippen molar-refractivity contribution in [2.75, 3.05) is 11.9 Å². The number of aromatic hydroxyl groups is 1. The standard InChI is InChI=1S/C21H22FN5OS/c1-27(17-9-12-2-3-13(8-12)20(17)22)19-7-6-16(24-25-19)15-5-4-14(10-18(15)28)21-26-23-11-29-21/h4-7,10-13,17,20,28H,2-3,8-9H2,1H3/t12-,13+,17+,20-/m0/s1. The topological polar surface area (TPSA) is 75.0 Å². The van der Waals surface area contributed by atoms with Crippen LogP contribution in [0.2, 0.25) is 0 Å². The molecule has 0 unspecified atom stereocenters. The maximum Gasteiger partial charge on any atom is 0.151 e. The summed E-state index contributed by atoms with van der Waals surface area (Å²) < 4.78 is 14.9. The summed E-state index contributed by atoms with van der Waals surface area (Å²) in [5.74, 6) is 1.60. The molecule has 1 aromatic carbocycles. The zero-order chi connectivity index (χ0) is 20.0. The Balaban J connectivity index is 1.36. The number of phenolic OH excluding ortho intramolecular Hbond substituents is 1. The van der Waals surface area contributed by atoms with Gasteiger partial charge in [-0.2, -0.15) is 0 Å². The molecule has 0 aliphatic heterocycles. The molecule has 0 amide bonds. The van der Waals surface area contributed by atoms with Crippen molar-refractivity contribution in [2.45, 2.75) is 37.9 Å². The van der Waals surface area contributed by atoms with Crippen LogP contribution in [0.15, 0.2) is 35.8 Å². The molecule has 3 aromatic rings. The van der Waals surface area contributed by atoms with Gasteiger partial charge in [-0.05, 0) is 61.8 Å². The molecule has 2 saturated carbocycles. The number of anilines is 1. The number of benzene rings is 1. The molecule has 2 aromatic heterocycles. The van der Waals surface area contributed by atoms with Crippen molar-refractivity contribution in [3.63, 3.8) is 0 Å². The highest BCUT2D eigenvalue weighted by atomic mass is 32.1. The SMILES string of the molecule is CN(c1ccc(-c2ccc(-c3nncs3)cc2O)nn1)[C@@H]1C[C@H]2CC[C@H](C2)[C@@H]1F. The zero-order valence-electron chi connectivity index (χ0n) is 16.1. The molecule has 2 fully saturated rings. The van der Waals surface area contributed by atoms with Gasteiger partial charge in [0.1, 0.15) is 22.4 Å². The van der Waals surface area contributed by atoms with E-state index in [1.165, 1.54) is 11.3 Å². The molecule has 0 spiro atoms. The van der Waals surface area contributed by atoms with Gasteiger partial charge in [-0.25, -0.2) is 4.39 Å². The van der Waals surface area contributed by atoms with Crippen LogP contribution in [0.5, 0.6) is 5.75 Å². The molecular formula is C21H22FN5OS. The number of hydrogen-bond acceptors (Lipinski definition) is 7. The lowest BCUT2D eigenvalue weighted by Gasteiger charge is -2.38. The molecule has 150 valence electrons. The number of halogens is 1. The molecule has 2 heterocycles. The molecule has 0 radical (unpaired) electrons. The number of hydrogen-bond donors (Lipinski definition) is 1. The van der Waals surface area contributed by atoms with E-state index in [0.29, 0.717) is 23.0 Å². The second-order valence-corrected chi connectivity index (χ2v) is 8.88. The first kappa shape index (κ1) is 18.4. The molecule has 2 aliphatic carbocycles. The normalized spacial score (nSPS) is 25.9. The van der Waals surface area contributed by atoms with Gasteiger partial charge in [-0.15, -0.1) is 20.4 Å². The summed E-state index contributed by atoms with van der Waals surface area (Å²) in [6, 6.07) is 8.87. The molecule has 29 heavy (non-hydrogen) atoms. The van der Waals surface area contributed by atoms with Gasteiger partial charge >= 0.3 is 0 Å². The van der Waals surface area contributed by atoms with Crippen molar-refractivity contribution < 1.29 is 9.50 Å². The lowest BCUT2D eigenvalue weighted by Crippen LogP contribution is -2.46. The minimum absolute atomic E-state index is 0.112. The van der Waals surface area contributed by atoms with Crippen LogP contribution in [-0.4, -0.2) is 44.8 Å². The van der Waals surface area contributed by atoms with E-state index in [1.54, 1.807) is 17.6 Å². The third kappa shape index (κ3) is 3.35. The number of alkyl halides is 1. The summed E-state index contributed by atoms with van der Waals surface area (Å²) in [5, 5.41) is 27.7. The molecule has 4 atom stereocenters. The van der Waals surface area contributed by atoms with Crippen LogP contribution in [0, 0.1) is 11.8 Å². The van der Waals surface area contributed by atoms with Gasteiger partial charge in [0.05, 0.1) is 11.7 Å². The fourth-order valence-electron chi connectivity index (χ4n) is 4.78. The van der Waals surface area contributed by atoms with Crippen LogP contribution in [0.25, 0.3) is 21.8 Å². The molecule has 0 saturated heterocycles. The van der Waals surface area contributed by atoms with Crippen LogP contribution in [0.1, 0.15) is 25.7 Å². The maximum absolute atomic E-state index is 14.9. The Labute approximate surface area is 172 Å². The number of fused-ring (bicyclic) bond motifs is 2. The van der Waals surface area contributed by atoms with E-state index in [-0.39, 0.29) is 17.7 Å². The Bertz CT molecular complexity index is 997. The van der Waals surface area contributed by atoms with Gasteiger partial charge in [0, 0.05) is 18.2 Å². The zero-order valence-corrected chi connectivity index (χ0v) is 16.9. The Morgan fingerprint density at radius 2 is 2.00 bits per heavy atom. The smallest absolute Gasteiger partial charge is 0.151 e. The first-order valence-electron chi connectivity index (χ1n) is 9.90. The van der Waals surface area contributed by atoms with Gasteiger partial charge in [0.15, 0.2) is 5.82 Å². The number of rotatable bonds is 4. The summed E-state index contributed by atoms with van der Waals surface area (Å²) in [6.45, 7) is 0. The first-order valence-corrected chi connectivity index (χ1v) is 10.8. The summed E-state index contributed by atoms with van der Waals surface area (Å²) in [7, 11) is 1.90. The molecule has 6 nitrogen and oxygen atoms in total. The van der Waals surface area contributed by atoms with Gasteiger partial charge < -0.3 is 10.0 Å². The van der Waals surface area contributed by atoms with E-state index >= 15 is 0 Å². The summed E-state index contributed by atoms with van der Waals surface area (Å²) in [5.41, 5.74) is 3.63. The van der Waals surface area contributed by atoms with Crippen LogP contribution >= 0.6 is 11.3 Å². The van der Waals surface area contributed by atoms with E-state index in [2.05, 4.69) is 20.4 Å². The quantitative estimate of drug-likeness (QED) is 0.689. The maximum atomic E-state index is 14.9. The second kappa shape index (κ2) is 7.33. The highest BCUT2D eigenvalue weighted by molar-refractivity contribution is 7.12. The summed E-state index contributed by atoms with van der Waals surface area (Å²) in [6.07, 6.45) is 3.25. The molecule has 1 N–H and O–H groups in total. The highest BCUT2D eigenvalue weighted by Gasteiger charge is 2.44. The number of phenols is 1. The van der Waals surface area contributed by atoms with Crippen molar-refractivity contribution in [3.05, 3.63) is 35.8 Å². The van der Waals surface area contributed by atoms with Crippen LogP contribution in [0.4, 0.5) is 10.2 Å². The van der Waals surface area contributed by atoms with E-state index in [0.717, 1.165) is 36.3 Å². The average molecular weight is 412 g/mol. The lowest BCUT2D eigenvalue weighted by molar-refractivity contribution is 0.144. The van der Waals surface area contributed by atoms with Crippen molar-refractivity contribution in [1.29, 1.82) is 0 Å². The average Bonchev–Trinajstić information content (AvgIpc) is 3.41. The van der Waals surface area contributed by atoms with E-state index in [9.17, 15) is 9.50 Å². The largest absolute Gasteiger partial charge is 0.507 e. The summed E-state index contributed by atoms with van der Waals surface area (Å²) >= 11 is 1.41. The van der Waals surface area contributed by atoms with E-state index < -0.39 is 6.17 Å². The van der Waals surface area contributed by atoms with Crippen molar-refractivity contribution >= 4 is 17.2 Å². The second-order valence-electron chi connectivity index (χ2n) is 8.05. The minimum Gasteiger partial charge on any atom is -0.507 e. The first-order chi connectivity index (χ1) is 14.1. The Hall–Kier alpha value is -2.61. The number of nitrogens with zero attached hydrogens (tertiary/aromatic N) is 5. The summed E-state index contributed by atoms with van der Waals surface area (Å²) in [4.78, 5) is 1.93. The van der Waals surface area contributed by atoms with Gasteiger partial charge in [-0.1, -0.05) is 17.4 Å². The fourth-order valence-corrected chi connectivity index (χ4v) is 5.33.